The zero-order chi connectivity index (χ0) is 15.0. The van der Waals surface area contributed by atoms with Crippen molar-refractivity contribution in [1.82, 2.24) is 9.62 Å². The quantitative estimate of drug-likeness (QED) is 0.666. The van der Waals surface area contributed by atoms with Gasteiger partial charge in [-0.3, -0.25) is 0 Å². The Hall–Kier alpha value is -0.130. The van der Waals surface area contributed by atoms with E-state index in [-0.39, 0.29) is 0 Å². The van der Waals surface area contributed by atoms with E-state index in [1.165, 1.54) is 44.8 Å². The van der Waals surface area contributed by atoms with E-state index in [1.54, 1.807) is 4.31 Å². The topological polar surface area (TPSA) is 49.4 Å². The minimum atomic E-state index is -3.03. The van der Waals surface area contributed by atoms with Crippen LogP contribution < -0.4 is 5.32 Å². The third kappa shape index (κ3) is 6.55. The molecule has 0 radical (unpaired) electrons. The van der Waals surface area contributed by atoms with Gasteiger partial charge in [-0.25, -0.2) is 12.7 Å². The van der Waals surface area contributed by atoms with Gasteiger partial charge in [-0.2, -0.15) is 0 Å². The molecule has 1 saturated carbocycles. The monoisotopic (exact) mass is 304 g/mol. The lowest BCUT2D eigenvalue weighted by atomic mass is 9.83. The van der Waals surface area contributed by atoms with Crippen LogP contribution in [0.3, 0.4) is 0 Å². The first-order chi connectivity index (χ1) is 9.47. The fraction of sp³-hybridized carbons (Fsp3) is 1.00. The van der Waals surface area contributed by atoms with Gasteiger partial charge in [-0.05, 0) is 44.6 Å². The van der Waals surface area contributed by atoms with E-state index in [2.05, 4.69) is 12.2 Å². The van der Waals surface area contributed by atoms with Crippen LogP contribution in [0.5, 0.6) is 0 Å². The summed E-state index contributed by atoms with van der Waals surface area (Å²) in [7, 11) is -3.03. The standard InChI is InChI=1S/C15H32N2O2S/c1-4-7-14-8-10-15(11-9-14)16-12-6-13-17(5-2)20(3,18)19/h14-16H,4-13H2,1-3H3. The molecule has 0 saturated heterocycles. The van der Waals surface area contributed by atoms with Gasteiger partial charge in [0, 0.05) is 19.1 Å². The zero-order valence-electron chi connectivity index (χ0n) is 13.4. The number of nitrogens with zero attached hydrogens (tertiary/aromatic N) is 1. The van der Waals surface area contributed by atoms with E-state index >= 15 is 0 Å². The van der Waals surface area contributed by atoms with Crippen molar-refractivity contribution in [2.24, 2.45) is 5.92 Å². The van der Waals surface area contributed by atoms with Crippen LogP contribution in [0.4, 0.5) is 0 Å². The van der Waals surface area contributed by atoms with E-state index < -0.39 is 10.0 Å². The van der Waals surface area contributed by atoms with Gasteiger partial charge in [0.2, 0.25) is 10.0 Å². The lowest BCUT2D eigenvalue weighted by Gasteiger charge is -2.29. The minimum absolute atomic E-state index is 0.570. The molecule has 0 heterocycles. The van der Waals surface area contributed by atoms with Crippen LogP contribution in [0.15, 0.2) is 0 Å². The molecule has 0 aromatic rings. The Morgan fingerprint density at radius 3 is 2.30 bits per heavy atom. The van der Waals surface area contributed by atoms with Crippen molar-refractivity contribution in [3.05, 3.63) is 0 Å². The van der Waals surface area contributed by atoms with E-state index in [9.17, 15) is 8.42 Å². The average molecular weight is 305 g/mol. The zero-order valence-corrected chi connectivity index (χ0v) is 14.2. The molecule has 1 aliphatic carbocycles. The maximum absolute atomic E-state index is 11.5. The SMILES string of the molecule is CCCC1CCC(NCCCN(CC)S(C)(=O)=O)CC1. The van der Waals surface area contributed by atoms with Gasteiger partial charge in [0.25, 0.3) is 0 Å². The molecule has 0 unspecified atom stereocenters. The number of rotatable bonds is 9. The predicted molar refractivity (Wildman–Crippen MR) is 85.4 cm³/mol. The van der Waals surface area contributed by atoms with Gasteiger partial charge in [-0.1, -0.05) is 26.7 Å². The summed E-state index contributed by atoms with van der Waals surface area (Å²) in [5, 5.41) is 3.59. The van der Waals surface area contributed by atoms with Crippen molar-refractivity contribution < 1.29 is 8.42 Å². The van der Waals surface area contributed by atoms with Crippen LogP contribution in [0.2, 0.25) is 0 Å². The molecule has 20 heavy (non-hydrogen) atoms. The molecule has 1 fully saturated rings. The fourth-order valence-electron chi connectivity index (χ4n) is 3.18. The largest absolute Gasteiger partial charge is 0.314 e. The first-order valence-corrected chi connectivity index (χ1v) is 10.0. The molecule has 0 bridgehead atoms. The molecule has 5 heteroatoms. The predicted octanol–water partition coefficient (Wildman–Crippen LogP) is 2.61. The van der Waals surface area contributed by atoms with Gasteiger partial charge >= 0.3 is 0 Å². The fourth-order valence-corrected chi connectivity index (χ4v) is 4.11. The van der Waals surface area contributed by atoms with Crippen molar-refractivity contribution in [1.29, 1.82) is 0 Å². The van der Waals surface area contributed by atoms with Crippen molar-refractivity contribution in [3.8, 4) is 0 Å². The number of hydrogen-bond donors (Lipinski definition) is 1. The van der Waals surface area contributed by atoms with Crippen LogP contribution in [0, 0.1) is 5.92 Å². The van der Waals surface area contributed by atoms with Crippen molar-refractivity contribution in [3.63, 3.8) is 0 Å². The first kappa shape index (κ1) is 17.9. The van der Waals surface area contributed by atoms with E-state index in [0.29, 0.717) is 19.1 Å². The van der Waals surface area contributed by atoms with Crippen molar-refractivity contribution in [2.45, 2.75) is 64.8 Å². The molecule has 4 nitrogen and oxygen atoms in total. The lowest BCUT2D eigenvalue weighted by Crippen LogP contribution is -2.36. The molecule has 120 valence electrons. The molecule has 1 rings (SSSR count). The number of hydrogen-bond acceptors (Lipinski definition) is 3. The highest BCUT2D eigenvalue weighted by Crippen LogP contribution is 2.27. The molecule has 0 spiro atoms. The average Bonchev–Trinajstić information content (AvgIpc) is 2.39. The maximum Gasteiger partial charge on any atom is 0.211 e. The third-order valence-corrected chi connectivity index (χ3v) is 5.76. The third-order valence-electron chi connectivity index (χ3n) is 4.38. The highest BCUT2D eigenvalue weighted by Gasteiger charge is 2.20. The van der Waals surface area contributed by atoms with Crippen LogP contribution >= 0.6 is 0 Å². The van der Waals surface area contributed by atoms with Crippen molar-refractivity contribution in [2.75, 3.05) is 25.9 Å². The maximum atomic E-state index is 11.5. The van der Waals surface area contributed by atoms with Gasteiger partial charge in [0.15, 0.2) is 0 Å². The summed E-state index contributed by atoms with van der Waals surface area (Å²) in [5.74, 6) is 0.943. The number of sulfonamides is 1. The molecule has 0 aliphatic heterocycles. The normalized spacial score (nSPS) is 24.2. The second-order valence-corrected chi connectivity index (χ2v) is 8.05. The summed E-state index contributed by atoms with van der Waals surface area (Å²) >= 11 is 0. The summed E-state index contributed by atoms with van der Waals surface area (Å²) in [4.78, 5) is 0. The van der Waals surface area contributed by atoms with Crippen LogP contribution in [0.1, 0.15) is 58.8 Å². The number of nitrogens with one attached hydrogen (secondary N) is 1. The van der Waals surface area contributed by atoms with Crippen LogP contribution in [-0.2, 0) is 10.0 Å². The minimum Gasteiger partial charge on any atom is -0.314 e. The van der Waals surface area contributed by atoms with E-state index in [0.717, 1.165) is 18.9 Å². The van der Waals surface area contributed by atoms with Crippen LogP contribution in [-0.4, -0.2) is 44.7 Å². The molecular formula is C15H32N2O2S. The molecule has 0 aromatic carbocycles. The van der Waals surface area contributed by atoms with E-state index in [1.807, 2.05) is 6.92 Å². The molecule has 1 aliphatic rings. The highest BCUT2D eigenvalue weighted by molar-refractivity contribution is 7.88. The Balaban J connectivity index is 2.13. The Morgan fingerprint density at radius 1 is 1.15 bits per heavy atom. The lowest BCUT2D eigenvalue weighted by molar-refractivity contribution is 0.276. The van der Waals surface area contributed by atoms with Gasteiger partial charge in [0.1, 0.15) is 0 Å². The molecule has 0 amide bonds. The summed E-state index contributed by atoms with van der Waals surface area (Å²) in [6.45, 7) is 6.29. The Bertz CT molecular complexity index is 349. The Labute approximate surface area is 125 Å². The van der Waals surface area contributed by atoms with E-state index in [4.69, 9.17) is 0 Å². The first-order valence-electron chi connectivity index (χ1n) is 8.15. The smallest absolute Gasteiger partial charge is 0.211 e. The summed E-state index contributed by atoms with van der Waals surface area (Å²) in [6, 6.07) is 0.649. The molecule has 1 N–H and O–H groups in total. The van der Waals surface area contributed by atoms with Gasteiger partial charge < -0.3 is 5.32 Å². The van der Waals surface area contributed by atoms with Gasteiger partial charge in [0.05, 0.1) is 6.26 Å². The van der Waals surface area contributed by atoms with Crippen molar-refractivity contribution >= 4 is 10.0 Å². The summed E-state index contributed by atoms with van der Waals surface area (Å²) in [5.41, 5.74) is 0. The Morgan fingerprint density at radius 2 is 1.80 bits per heavy atom. The molecule has 0 atom stereocenters. The summed E-state index contributed by atoms with van der Waals surface area (Å²) < 4.78 is 24.5. The Kier molecular flexibility index (Phi) is 8.07. The summed E-state index contributed by atoms with van der Waals surface area (Å²) in [6.07, 6.45) is 10.2. The molecule has 0 aromatic heterocycles. The second-order valence-electron chi connectivity index (χ2n) is 6.07. The van der Waals surface area contributed by atoms with Gasteiger partial charge in [-0.15, -0.1) is 0 Å². The van der Waals surface area contributed by atoms with Crippen LogP contribution in [0.25, 0.3) is 0 Å². The molecular weight excluding hydrogens is 272 g/mol. The highest BCUT2D eigenvalue weighted by atomic mass is 32.2. The second kappa shape index (κ2) is 9.00.